The summed E-state index contributed by atoms with van der Waals surface area (Å²) in [5.74, 6) is 1.40. The summed E-state index contributed by atoms with van der Waals surface area (Å²) in [5.41, 5.74) is 0.743. The molecule has 0 bridgehead atoms. The molecular weight excluding hydrogens is 250 g/mol. The molecule has 3 aromatic rings. The largest absolute Gasteiger partial charge is 0.481 e. The van der Waals surface area contributed by atoms with Gasteiger partial charge in [0.15, 0.2) is 0 Å². The van der Waals surface area contributed by atoms with E-state index in [2.05, 4.69) is 30.7 Å². The number of rotatable bonds is 4. The Hall–Kier alpha value is -2.84. The number of hydrogen-bond donors (Lipinski definition) is 0. The van der Waals surface area contributed by atoms with Gasteiger partial charge < -0.3 is 9.26 Å². The first kappa shape index (κ1) is 11.3. The fourth-order valence-electron chi connectivity index (χ4n) is 1.46. The van der Waals surface area contributed by atoms with E-state index in [1.54, 1.807) is 25.4 Å². The molecule has 0 aliphatic heterocycles. The van der Waals surface area contributed by atoms with Gasteiger partial charge in [-0.2, -0.15) is 4.98 Å². The summed E-state index contributed by atoms with van der Waals surface area (Å²) in [7, 11) is 1.56. The van der Waals surface area contributed by atoms with Gasteiger partial charge in [0.25, 0.3) is 0 Å². The van der Waals surface area contributed by atoms with E-state index >= 15 is 0 Å². The maximum Gasteiger partial charge on any atom is 0.248 e. The van der Waals surface area contributed by atoms with Crippen LogP contribution in [-0.4, -0.2) is 42.4 Å². The van der Waals surface area contributed by atoms with Crippen LogP contribution in [0.2, 0.25) is 0 Å². The summed E-state index contributed by atoms with van der Waals surface area (Å²) in [5, 5.41) is 14.6. The van der Waals surface area contributed by atoms with Crippen LogP contribution in [0.15, 0.2) is 29.2 Å². The lowest BCUT2D eigenvalue weighted by atomic mass is 10.3. The zero-order chi connectivity index (χ0) is 13.1. The highest BCUT2D eigenvalue weighted by Gasteiger charge is 2.10. The number of methoxy groups -OCH3 is 1. The molecular formula is C10H9N7O2. The van der Waals surface area contributed by atoms with Crippen LogP contribution in [0.5, 0.6) is 5.88 Å². The van der Waals surface area contributed by atoms with E-state index < -0.39 is 0 Å². The van der Waals surface area contributed by atoms with Gasteiger partial charge >= 0.3 is 0 Å². The fourth-order valence-corrected chi connectivity index (χ4v) is 1.46. The number of nitrogens with zero attached hydrogens (tertiary/aromatic N) is 7. The summed E-state index contributed by atoms with van der Waals surface area (Å²) in [6, 6.07) is 3.53. The van der Waals surface area contributed by atoms with Gasteiger partial charge in [0, 0.05) is 17.8 Å². The van der Waals surface area contributed by atoms with E-state index in [1.807, 2.05) is 0 Å². The molecule has 3 heterocycles. The van der Waals surface area contributed by atoms with Gasteiger partial charge in [-0.05, 0) is 16.5 Å². The summed E-state index contributed by atoms with van der Waals surface area (Å²) < 4.78 is 11.6. The topological polar surface area (TPSA) is 105 Å². The predicted octanol–water partition coefficient (Wildman–Crippen LogP) is 0.175. The molecule has 0 saturated carbocycles. The predicted molar refractivity (Wildman–Crippen MR) is 61.0 cm³/mol. The third-order valence-corrected chi connectivity index (χ3v) is 2.36. The van der Waals surface area contributed by atoms with E-state index in [0.717, 1.165) is 5.56 Å². The molecule has 3 rings (SSSR count). The van der Waals surface area contributed by atoms with E-state index in [4.69, 9.17) is 9.26 Å². The molecule has 0 N–H and O–H groups in total. The molecule has 0 amide bonds. The van der Waals surface area contributed by atoms with Crippen molar-refractivity contribution in [2.75, 3.05) is 7.11 Å². The van der Waals surface area contributed by atoms with Gasteiger partial charge in [-0.1, -0.05) is 5.16 Å². The zero-order valence-electron chi connectivity index (χ0n) is 9.96. The summed E-state index contributed by atoms with van der Waals surface area (Å²) in [6.45, 7) is 0.323. The van der Waals surface area contributed by atoms with Crippen LogP contribution >= 0.6 is 0 Å². The van der Waals surface area contributed by atoms with Crippen LogP contribution in [0.4, 0.5) is 0 Å². The lowest BCUT2D eigenvalue weighted by Gasteiger charge is -1.97. The number of ether oxygens (including phenoxy) is 1. The highest BCUT2D eigenvalue weighted by molar-refractivity contribution is 5.52. The monoisotopic (exact) mass is 259 g/mol. The summed E-state index contributed by atoms with van der Waals surface area (Å²) in [4.78, 5) is 8.31. The lowest BCUT2D eigenvalue weighted by molar-refractivity contribution is 0.364. The molecule has 9 nitrogen and oxygen atoms in total. The van der Waals surface area contributed by atoms with Crippen LogP contribution in [0, 0.1) is 0 Å². The first-order valence-corrected chi connectivity index (χ1v) is 5.39. The Morgan fingerprint density at radius 1 is 1.37 bits per heavy atom. The molecule has 19 heavy (non-hydrogen) atoms. The van der Waals surface area contributed by atoms with Gasteiger partial charge in [-0.25, -0.2) is 9.67 Å². The molecule has 0 fully saturated rings. The Morgan fingerprint density at radius 2 is 2.32 bits per heavy atom. The first-order chi connectivity index (χ1) is 9.35. The average Bonchev–Trinajstić information content (AvgIpc) is 3.11. The Kier molecular flexibility index (Phi) is 2.85. The maximum atomic E-state index is 5.11. The molecule has 0 aliphatic carbocycles. The first-order valence-electron chi connectivity index (χ1n) is 5.39. The van der Waals surface area contributed by atoms with Gasteiger partial charge in [0.1, 0.15) is 12.9 Å². The van der Waals surface area contributed by atoms with E-state index in [-0.39, 0.29) is 0 Å². The number of tetrazole rings is 1. The van der Waals surface area contributed by atoms with Crippen LogP contribution in [-0.2, 0) is 6.54 Å². The fraction of sp³-hybridized carbons (Fsp3) is 0.200. The second-order valence-corrected chi connectivity index (χ2v) is 3.61. The Balaban J connectivity index is 1.80. The van der Waals surface area contributed by atoms with Crippen molar-refractivity contribution in [3.63, 3.8) is 0 Å². The van der Waals surface area contributed by atoms with Crippen molar-refractivity contribution in [1.82, 2.24) is 35.3 Å². The van der Waals surface area contributed by atoms with Crippen LogP contribution in [0.3, 0.4) is 0 Å². The van der Waals surface area contributed by atoms with Gasteiger partial charge in [-0.3, -0.25) is 0 Å². The number of aromatic nitrogens is 7. The van der Waals surface area contributed by atoms with Crippen molar-refractivity contribution < 1.29 is 9.26 Å². The number of hydrogen-bond acceptors (Lipinski definition) is 8. The molecule has 3 aromatic heterocycles. The minimum Gasteiger partial charge on any atom is -0.481 e. The second-order valence-electron chi connectivity index (χ2n) is 3.61. The molecule has 0 radical (unpaired) electrons. The quantitative estimate of drug-likeness (QED) is 0.653. The molecule has 0 aromatic carbocycles. The van der Waals surface area contributed by atoms with E-state index in [9.17, 15) is 0 Å². The Morgan fingerprint density at radius 3 is 3.00 bits per heavy atom. The van der Waals surface area contributed by atoms with Gasteiger partial charge in [0.2, 0.25) is 17.6 Å². The SMILES string of the molecule is COc1ccc(-c2noc(Cn3cnnn3)n2)cn1. The van der Waals surface area contributed by atoms with Crippen molar-refractivity contribution >= 4 is 0 Å². The second kappa shape index (κ2) is 4.80. The van der Waals surface area contributed by atoms with Gasteiger partial charge in [-0.15, -0.1) is 5.10 Å². The Bertz CT molecular complexity index is 647. The molecule has 9 heteroatoms. The minimum absolute atomic E-state index is 0.323. The standard InChI is InChI=1S/C10H9N7O2/c1-18-8-3-2-7(4-11-8)10-13-9(19-14-10)5-17-6-12-15-16-17/h2-4,6H,5H2,1H3. The molecule has 0 saturated heterocycles. The zero-order valence-corrected chi connectivity index (χ0v) is 9.96. The molecule has 0 spiro atoms. The Labute approximate surface area is 107 Å². The molecule has 96 valence electrons. The van der Waals surface area contributed by atoms with Crippen molar-refractivity contribution in [2.45, 2.75) is 6.54 Å². The van der Waals surface area contributed by atoms with Crippen LogP contribution in [0.25, 0.3) is 11.4 Å². The van der Waals surface area contributed by atoms with Gasteiger partial charge in [0.05, 0.1) is 7.11 Å². The average molecular weight is 259 g/mol. The molecule has 0 atom stereocenters. The normalized spacial score (nSPS) is 10.6. The number of pyridine rings is 1. The van der Waals surface area contributed by atoms with Crippen LogP contribution in [0.1, 0.15) is 5.89 Å². The summed E-state index contributed by atoms with van der Waals surface area (Å²) >= 11 is 0. The highest BCUT2D eigenvalue weighted by Crippen LogP contribution is 2.17. The maximum absolute atomic E-state index is 5.11. The van der Waals surface area contributed by atoms with Crippen molar-refractivity contribution in [2.24, 2.45) is 0 Å². The van der Waals surface area contributed by atoms with Crippen LogP contribution < -0.4 is 4.74 Å². The lowest BCUT2D eigenvalue weighted by Crippen LogP contribution is -2.00. The van der Waals surface area contributed by atoms with Crippen molar-refractivity contribution in [3.8, 4) is 17.3 Å². The van der Waals surface area contributed by atoms with Crippen molar-refractivity contribution in [3.05, 3.63) is 30.5 Å². The van der Waals surface area contributed by atoms with E-state index in [0.29, 0.717) is 24.1 Å². The third kappa shape index (κ3) is 2.39. The van der Waals surface area contributed by atoms with Crippen molar-refractivity contribution in [1.29, 1.82) is 0 Å². The smallest absolute Gasteiger partial charge is 0.248 e. The third-order valence-electron chi connectivity index (χ3n) is 2.36. The minimum atomic E-state index is 0.323. The highest BCUT2D eigenvalue weighted by atomic mass is 16.5. The molecule has 0 unspecified atom stereocenters. The molecule has 0 aliphatic rings. The summed E-state index contributed by atoms with van der Waals surface area (Å²) in [6.07, 6.45) is 3.09. The van der Waals surface area contributed by atoms with E-state index in [1.165, 1.54) is 11.0 Å².